The van der Waals surface area contributed by atoms with E-state index >= 15 is 0 Å². The molecule has 0 radical (unpaired) electrons. The van der Waals surface area contributed by atoms with Gasteiger partial charge in [0.25, 0.3) is 0 Å². The second kappa shape index (κ2) is 7.33. The van der Waals surface area contributed by atoms with E-state index in [0.717, 1.165) is 25.6 Å². The number of hydrogen-bond acceptors (Lipinski definition) is 2. The molecule has 5 heteroatoms. The number of aliphatic imine (C=N–C) groups is 1. The smallest absolute Gasteiger partial charge is 0.191 e. The van der Waals surface area contributed by atoms with Crippen molar-refractivity contribution < 1.29 is 0 Å². The first kappa shape index (κ1) is 14.1. The molecule has 5 nitrogen and oxygen atoms in total. The predicted molar refractivity (Wildman–Crippen MR) is 81.6 cm³/mol. The Bertz CT molecular complexity index is 528. The number of hydrogen-bond donors (Lipinski definition) is 2. The van der Waals surface area contributed by atoms with E-state index in [1.54, 1.807) is 13.2 Å². The molecular formula is C15H21N5. The molecule has 2 rings (SSSR count). The van der Waals surface area contributed by atoms with Crippen LogP contribution in [0.2, 0.25) is 0 Å². The Kier molecular flexibility index (Phi) is 5.17. The average Bonchev–Trinajstić information content (AvgIpc) is 2.97. The predicted octanol–water partition coefficient (Wildman–Crippen LogP) is 1.56. The highest BCUT2D eigenvalue weighted by molar-refractivity contribution is 5.79. The number of nitrogens with zero attached hydrogens (tertiary/aromatic N) is 3. The van der Waals surface area contributed by atoms with Crippen molar-refractivity contribution in [2.45, 2.75) is 20.0 Å². The maximum atomic E-state index is 4.21. The zero-order chi connectivity index (χ0) is 14.2. The molecule has 106 valence electrons. The van der Waals surface area contributed by atoms with Gasteiger partial charge in [0.15, 0.2) is 5.96 Å². The van der Waals surface area contributed by atoms with Gasteiger partial charge in [-0.15, -0.1) is 0 Å². The van der Waals surface area contributed by atoms with E-state index in [4.69, 9.17) is 0 Å². The highest BCUT2D eigenvalue weighted by Crippen LogP contribution is 2.02. The van der Waals surface area contributed by atoms with E-state index in [-0.39, 0.29) is 0 Å². The monoisotopic (exact) mass is 271 g/mol. The molecule has 0 fully saturated rings. The van der Waals surface area contributed by atoms with Gasteiger partial charge in [-0.25, -0.2) is 4.98 Å². The van der Waals surface area contributed by atoms with Gasteiger partial charge in [-0.1, -0.05) is 29.8 Å². The summed E-state index contributed by atoms with van der Waals surface area (Å²) in [6, 6.07) is 8.49. The quantitative estimate of drug-likeness (QED) is 0.641. The number of imidazole rings is 1. The van der Waals surface area contributed by atoms with Crippen LogP contribution in [0.5, 0.6) is 0 Å². The van der Waals surface area contributed by atoms with Crippen LogP contribution in [-0.4, -0.2) is 29.1 Å². The van der Waals surface area contributed by atoms with Crippen molar-refractivity contribution in [3.63, 3.8) is 0 Å². The van der Waals surface area contributed by atoms with Crippen molar-refractivity contribution in [3.05, 3.63) is 54.1 Å². The first-order valence-corrected chi connectivity index (χ1v) is 6.74. The summed E-state index contributed by atoms with van der Waals surface area (Å²) < 4.78 is 2.03. The van der Waals surface area contributed by atoms with Gasteiger partial charge in [0.1, 0.15) is 0 Å². The highest BCUT2D eigenvalue weighted by Gasteiger charge is 1.98. The fourth-order valence-electron chi connectivity index (χ4n) is 1.83. The lowest BCUT2D eigenvalue weighted by Gasteiger charge is -2.12. The summed E-state index contributed by atoms with van der Waals surface area (Å²) >= 11 is 0. The lowest BCUT2D eigenvalue weighted by atomic mass is 10.1. The van der Waals surface area contributed by atoms with Crippen molar-refractivity contribution in [3.8, 4) is 0 Å². The summed E-state index contributed by atoms with van der Waals surface area (Å²) in [5, 5.41) is 6.58. The van der Waals surface area contributed by atoms with Gasteiger partial charge in [-0.3, -0.25) is 4.99 Å². The van der Waals surface area contributed by atoms with Crippen LogP contribution in [0, 0.1) is 6.92 Å². The van der Waals surface area contributed by atoms with Crippen LogP contribution in [0.1, 0.15) is 11.1 Å². The number of aromatic nitrogens is 2. The number of aryl methyl sites for hydroxylation is 1. The van der Waals surface area contributed by atoms with Gasteiger partial charge in [-0.05, 0) is 12.5 Å². The molecule has 0 saturated heterocycles. The third-order valence-electron chi connectivity index (χ3n) is 3.03. The maximum absolute atomic E-state index is 4.21. The Hall–Kier alpha value is -2.30. The van der Waals surface area contributed by atoms with E-state index in [0.29, 0.717) is 0 Å². The molecule has 1 aromatic heterocycles. The minimum Gasteiger partial charge on any atom is -0.355 e. The Morgan fingerprint density at radius 3 is 2.70 bits per heavy atom. The minimum absolute atomic E-state index is 0.769. The first-order chi connectivity index (χ1) is 9.78. The SMILES string of the molecule is CN=C(NCCn1ccnc1)NCc1ccc(C)cc1. The molecule has 0 aliphatic carbocycles. The zero-order valence-electron chi connectivity index (χ0n) is 12.0. The zero-order valence-corrected chi connectivity index (χ0v) is 12.0. The molecule has 0 unspecified atom stereocenters. The lowest BCUT2D eigenvalue weighted by molar-refractivity contribution is 0.661. The van der Waals surface area contributed by atoms with E-state index in [1.165, 1.54) is 11.1 Å². The third-order valence-corrected chi connectivity index (χ3v) is 3.03. The maximum Gasteiger partial charge on any atom is 0.191 e. The van der Waals surface area contributed by atoms with Gasteiger partial charge < -0.3 is 15.2 Å². The fourth-order valence-corrected chi connectivity index (χ4v) is 1.83. The fraction of sp³-hybridized carbons (Fsp3) is 0.333. The number of nitrogens with one attached hydrogen (secondary N) is 2. The third kappa shape index (κ3) is 4.42. The highest BCUT2D eigenvalue weighted by atomic mass is 15.2. The normalized spacial score (nSPS) is 11.4. The van der Waals surface area contributed by atoms with E-state index < -0.39 is 0 Å². The lowest BCUT2D eigenvalue weighted by Crippen LogP contribution is -2.38. The second-order valence-electron chi connectivity index (χ2n) is 4.64. The summed E-state index contributed by atoms with van der Waals surface area (Å²) in [5.74, 6) is 0.811. The number of rotatable bonds is 5. The van der Waals surface area contributed by atoms with Crippen LogP contribution >= 0.6 is 0 Å². The van der Waals surface area contributed by atoms with E-state index in [2.05, 4.69) is 51.8 Å². The Balaban J connectivity index is 1.73. The van der Waals surface area contributed by atoms with Gasteiger partial charge in [0, 0.05) is 39.1 Å². The van der Waals surface area contributed by atoms with Gasteiger partial charge >= 0.3 is 0 Å². The van der Waals surface area contributed by atoms with Crippen LogP contribution in [0.4, 0.5) is 0 Å². The van der Waals surface area contributed by atoms with Crippen molar-refractivity contribution in [1.82, 2.24) is 20.2 Å². The standard InChI is InChI=1S/C15H21N5/c1-13-3-5-14(6-4-13)11-19-15(16-2)18-8-10-20-9-7-17-12-20/h3-7,9,12H,8,10-11H2,1-2H3,(H2,16,18,19). The van der Waals surface area contributed by atoms with Crippen LogP contribution in [-0.2, 0) is 13.1 Å². The summed E-state index contributed by atoms with van der Waals surface area (Å²) in [6.45, 7) is 4.54. The molecule has 0 spiro atoms. The molecule has 0 atom stereocenters. The molecule has 2 N–H and O–H groups in total. The van der Waals surface area contributed by atoms with Crippen molar-refractivity contribution in [2.75, 3.05) is 13.6 Å². The number of guanidine groups is 1. The largest absolute Gasteiger partial charge is 0.355 e. The molecule has 0 aliphatic heterocycles. The minimum atomic E-state index is 0.769. The van der Waals surface area contributed by atoms with Crippen molar-refractivity contribution in [2.24, 2.45) is 4.99 Å². The average molecular weight is 271 g/mol. The van der Waals surface area contributed by atoms with E-state index in [1.807, 2.05) is 17.1 Å². The summed E-state index contributed by atoms with van der Waals surface area (Å²) in [5.41, 5.74) is 2.52. The van der Waals surface area contributed by atoms with Crippen LogP contribution in [0.15, 0.2) is 48.0 Å². The number of benzene rings is 1. The molecule has 2 aromatic rings. The summed E-state index contributed by atoms with van der Waals surface area (Å²) in [7, 11) is 1.78. The Morgan fingerprint density at radius 2 is 2.05 bits per heavy atom. The van der Waals surface area contributed by atoms with Crippen LogP contribution < -0.4 is 10.6 Å². The Morgan fingerprint density at radius 1 is 1.25 bits per heavy atom. The van der Waals surface area contributed by atoms with Crippen molar-refractivity contribution in [1.29, 1.82) is 0 Å². The molecule has 1 heterocycles. The second-order valence-corrected chi connectivity index (χ2v) is 4.64. The topological polar surface area (TPSA) is 54.2 Å². The van der Waals surface area contributed by atoms with Gasteiger partial charge in [-0.2, -0.15) is 0 Å². The molecule has 1 aromatic carbocycles. The molecule has 0 bridgehead atoms. The van der Waals surface area contributed by atoms with Crippen LogP contribution in [0.25, 0.3) is 0 Å². The summed E-state index contributed by atoms with van der Waals surface area (Å²) in [4.78, 5) is 8.22. The van der Waals surface area contributed by atoms with Gasteiger partial charge in [0.2, 0.25) is 0 Å². The first-order valence-electron chi connectivity index (χ1n) is 6.74. The Labute approximate surface area is 119 Å². The molecule has 0 amide bonds. The molecular weight excluding hydrogens is 250 g/mol. The van der Waals surface area contributed by atoms with Crippen LogP contribution in [0.3, 0.4) is 0 Å². The molecule has 0 aliphatic rings. The molecule has 20 heavy (non-hydrogen) atoms. The van der Waals surface area contributed by atoms with E-state index in [9.17, 15) is 0 Å². The summed E-state index contributed by atoms with van der Waals surface area (Å²) in [6.07, 6.45) is 5.54. The molecule has 0 saturated carbocycles. The van der Waals surface area contributed by atoms with Gasteiger partial charge in [0.05, 0.1) is 6.33 Å². The van der Waals surface area contributed by atoms with Crippen molar-refractivity contribution >= 4 is 5.96 Å².